The highest BCUT2D eigenvalue weighted by atomic mass is 79.9. The summed E-state index contributed by atoms with van der Waals surface area (Å²) in [7, 11) is 0. The molecule has 1 fully saturated rings. The third kappa shape index (κ3) is 2.33. The van der Waals surface area contributed by atoms with Gasteiger partial charge in [0.1, 0.15) is 6.17 Å². The number of aromatic amines is 1. The molecule has 94 valence electrons. The fourth-order valence-electron chi connectivity index (χ4n) is 1.71. The van der Waals surface area contributed by atoms with Crippen LogP contribution in [0.25, 0.3) is 0 Å². The van der Waals surface area contributed by atoms with Gasteiger partial charge in [-0.25, -0.2) is 9.18 Å². The molecule has 1 aliphatic rings. The smallest absolute Gasteiger partial charge is 0.330 e. The first-order chi connectivity index (χ1) is 8.02. The number of rotatable bonds is 2. The maximum absolute atomic E-state index is 13.6. The molecule has 3 atom stereocenters. The molecule has 2 rings (SSSR count). The number of hydrogen-bond donors (Lipinski definition) is 2. The number of ether oxygens (including phenoxy) is 1. The van der Waals surface area contributed by atoms with Crippen LogP contribution < -0.4 is 11.2 Å². The Morgan fingerprint density at radius 2 is 2.35 bits per heavy atom. The van der Waals surface area contributed by atoms with Crippen LogP contribution in [0.2, 0.25) is 0 Å². The lowest BCUT2D eigenvalue weighted by Gasteiger charge is -2.15. The standard InChI is InChI=1S/C9H10BrFN2O4/c10-5-2-13(9(16)12-7(5)15)8-6(11)1-4(3-14)17-8/h2,4,6,8,14H,1,3H2,(H,12,15,16)/t4-,6+,8+/m0/s1. The van der Waals surface area contributed by atoms with Gasteiger partial charge in [0, 0.05) is 12.6 Å². The second-order valence-electron chi connectivity index (χ2n) is 3.73. The van der Waals surface area contributed by atoms with E-state index in [2.05, 4.69) is 15.9 Å². The zero-order valence-electron chi connectivity index (χ0n) is 8.60. The van der Waals surface area contributed by atoms with Gasteiger partial charge in [0.2, 0.25) is 0 Å². The molecular weight excluding hydrogens is 299 g/mol. The lowest BCUT2D eigenvalue weighted by molar-refractivity contribution is -0.0395. The Balaban J connectivity index is 2.38. The van der Waals surface area contributed by atoms with E-state index in [0.717, 1.165) is 4.57 Å². The number of H-pyrrole nitrogens is 1. The fourth-order valence-corrected chi connectivity index (χ4v) is 2.03. The number of nitrogens with zero attached hydrogens (tertiary/aromatic N) is 1. The molecule has 2 heterocycles. The van der Waals surface area contributed by atoms with Crippen molar-refractivity contribution in [1.29, 1.82) is 0 Å². The maximum atomic E-state index is 13.6. The van der Waals surface area contributed by atoms with Gasteiger partial charge in [0.15, 0.2) is 6.23 Å². The number of aliphatic hydroxyl groups excluding tert-OH is 1. The number of nitrogens with one attached hydrogen (secondary N) is 1. The fraction of sp³-hybridized carbons (Fsp3) is 0.556. The highest BCUT2D eigenvalue weighted by molar-refractivity contribution is 9.10. The van der Waals surface area contributed by atoms with E-state index in [1.54, 1.807) is 0 Å². The average molecular weight is 309 g/mol. The number of alkyl halides is 1. The normalized spacial score (nSPS) is 28.5. The van der Waals surface area contributed by atoms with Gasteiger partial charge in [-0.1, -0.05) is 0 Å². The van der Waals surface area contributed by atoms with Crippen LogP contribution in [-0.2, 0) is 4.74 Å². The number of halogens is 2. The number of aromatic nitrogens is 2. The topological polar surface area (TPSA) is 84.3 Å². The Hall–Kier alpha value is -0.990. The molecule has 2 N–H and O–H groups in total. The van der Waals surface area contributed by atoms with Crippen LogP contribution in [-0.4, -0.2) is 33.5 Å². The molecule has 0 radical (unpaired) electrons. The summed E-state index contributed by atoms with van der Waals surface area (Å²) in [6.07, 6.45) is -1.95. The second-order valence-corrected chi connectivity index (χ2v) is 4.58. The Morgan fingerprint density at radius 1 is 1.65 bits per heavy atom. The predicted octanol–water partition coefficient (Wildman–Crippen LogP) is -0.0830. The Morgan fingerprint density at radius 3 is 2.94 bits per heavy atom. The average Bonchev–Trinajstić information content (AvgIpc) is 2.65. The Labute approximate surface area is 103 Å². The predicted molar refractivity (Wildman–Crippen MR) is 59.5 cm³/mol. The van der Waals surface area contributed by atoms with E-state index in [1.165, 1.54) is 6.20 Å². The number of hydrogen-bond acceptors (Lipinski definition) is 4. The van der Waals surface area contributed by atoms with Crippen molar-refractivity contribution in [3.05, 3.63) is 31.5 Å². The van der Waals surface area contributed by atoms with E-state index in [9.17, 15) is 14.0 Å². The van der Waals surface area contributed by atoms with E-state index >= 15 is 0 Å². The van der Waals surface area contributed by atoms with Crippen LogP contribution in [0.1, 0.15) is 12.6 Å². The summed E-state index contributed by atoms with van der Waals surface area (Å²) in [5.74, 6) is 0. The van der Waals surface area contributed by atoms with Crippen molar-refractivity contribution in [2.75, 3.05) is 6.61 Å². The third-order valence-electron chi connectivity index (χ3n) is 2.53. The summed E-state index contributed by atoms with van der Waals surface area (Å²) in [6.45, 7) is -0.309. The lowest BCUT2D eigenvalue weighted by Crippen LogP contribution is -2.34. The molecule has 0 aromatic carbocycles. The minimum Gasteiger partial charge on any atom is -0.394 e. The molecule has 17 heavy (non-hydrogen) atoms. The van der Waals surface area contributed by atoms with Crippen molar-refractivity contribution in [3.8, 4) is 0 Å². The Kier molecular flexibility index (Phi) is 3.45. The molecule has 1 saturated heterocycles. The molecule has 0 saturated carbocycles. The van der Waals surface area contributed by atoms with Crippen molar-refractivity contribution in [3.63, 3.8) is 0 Å². The first-order valence-corrected chi connectivity index (χ1v) is 5.73. The first kappa shape index (κ1) is 12.5. The largest absolute Gasteiger partial charge is 0.394 e. The molecule has 0 unspecified atom stereocenters. The first-order valence-electron chi connectivity index (χ1n) is 4.94. The molecule has 1 aromatic rings. The molecule has 6 nitrogen and oxygen atoms in total. The van der Waals surface area contributed by atoms with E-state index < -0.39 is 29.8 Å². The quantitative estimate of drug-likeness (QED) is 0.800. The van der Waals surface area contributed by atoms with Crippen molar-refractivity contribution in [2.45, 2.75) is 24.9 Å². The zero-order valence-corrected chi connectivity index (χ0v) is 10.2. The molecule has 8 heteroatoms. The van der Waals surface area contributed by atoms with Crippen molar-refractivity contribution < 1.29 is 14.2 Å². The summed E-state index contributed by atoms with van der Waals surface area (Å²) in [6, 6.07) is 0. The summed E-state index contributed by atoms with van der Waals surface area (Å²) in [4.78, 5) is 24.6. The van der Waals surface area contributed by atoms with Gasteiger partial charge in [-0.3, -0.25) is 14.3 Å². The highest BCUT2D eigenvalue weighted by Gasteiger charge is 2.37. The minimum atomic E-state index is -1.40. The molecular formula is C9H10BrFN2O4. The molecule has 1 aliphatic heterocycles. The molecule has 0 spiro atoms. The van der Waals surface area contributed by atoms with Crippen LogP contribution >= 0.6 is 15.9 Å². The summed E-state index contributed by atoms with van der Waals surface area (Å²) < 4.78 is 19.9. The molecule has 1 aromatic heterocycles. The summed E-state index contributed by atoms with van der Waals surface area (Å²) >= 11 is 2.95. The molecule has 0 bridgehead atoms. The van der Waals surface area contributed by atoms with Gasteiger partial charge in [0.25, 0.3) is 5.56 Å². The van der Waals surface area contributed by atoms with E-state index in [-0.39, 0.29) is 17.5 Å². The van der Waals surface area contributed by atoms with Crippen LogP contribution in [0.3, 0.4) is 0 Å². The second kappa shape index (κ2) is 4.71. The van der Waals surface area contributed by atoms with E-state index in [0.29, 0.717) is 0 Å². The SMILES string of the molecule is O=c1[nH]c(=O)n([C@@H]2O[C@H](CO)C[C@H]2F)cc1Br. The van der Waals surface area contributed by atoms with Crippen molar-refractivity contribution >= 4 is 15.9 Å². The maximum Gasteiger partial charge on any atom is 0.330 e. The van der Waals surface area contributed by atoms with Gasteiger partial charge < -0.3 is 9.84 Å². The van der Waals surface area contributed by atoms with Gasteiger partial charge in [-0.2, -0.15) is 0 Å². The molecule has 0 amide bonds. The van der Waals surface area contributed by atoms with Crippen molar-refractivity contribution in [1.82, 2.24) is 9.55 Å². The van der Waals surface area contributed by atoms with Crippen LogP contribution in [0.5, 0.6) is 0 Å². The molecule has 0 aliphatic carbocycles. The summed E-state index contributed by atoms with van der Waals surface area (Å²) in [5.41, 5.74) is -1.33. The number of aliphatic hydroxyl groups is 1. The van der Waals surface area contributed by atoms with Gasteiger partial charge >= 0.3 is 5.69 Å². The van der Waals surface area contributed by atoms with Crippen LogP contribution in [0.15, 0.2) is 20.3 Å². The summed E-state index contributed by atoms with van der Waals surface area (Å²) in [5, 5.41) is 8.87. The Bertz CT molecular complexity index is 528. The van der Waals surface area contributed by atoms with Crippen LogP contribution in [0, 0.1) is 0 Å². The zero-order chi connectivity index (χ0) is 12.6. The van der Waals surface area contributed by atoms with Crippen molar-refractivity contribution in [2.24, 2.45) is 0 Å². The lowest BCUT2D eigenvalue weighted by atomic mass is 10.2. The van der Waals surface area contributed by atoms with Gasteiger partial charge in [-0.15, -0.1) is 0 Å². The van der Waals surface area contributed by atoms with Gasteiger partial charge in [0.05, 0.1) is 17.2 Å². The minimum absolute atomic E-state index is 0.0182. The van der Waals surface area contributed by atoms with E-state index in [4.69, 9.17) is 9.84 Å². The third-order valence-corrected chi connectivity index (χ3v) is 3.10. The van der Waals surface area contributed by atoms with E-state index in [1.807, 2.05) is 4.98 Å². The van der Waals surface area contributed by atoms with Gasteiger partial charge in [-0.05, 0) is 15.9 Å². The van der Waals surface area contributed by atoms with Crippen LogP contribution in [0.4, 0.5) is 4.39 Å². The highest BCUT2D eigenvalue weighted by Crippen LogP contribution is 2.30. The monoisotopic (exact) mass is 308 g/mol.